The fourth-order valence-electron chi connectivity index (χ4n) is 3.86. The Morgan fingerprint density at radius 1 is 1.12 bits per heavy atom. The molecule has 0 radical (unpaired) electrons. The van der Waals surface area contributed by atoms with Gasteiger partial charge in [-0.2, -0.15) is 0 Å². The maximum absolute atomic E-state index is 13.0. The van der Waals surface area contributed by atoms with E-state index in [2.05, 4.69) is 16.5 Å². The van der Waals surface area contributed by atoms with Crippen LogP contribution in [0.1, 0.15) is 23.6 Å². The fourth-order valence-corrected chi connectivity index (χ4v) is 3.86. The Balaban J connectivity index is 1.66. The third kappa shape index (κ3) is 4.69. The number of rotatable bonds is 9. The van der Waals surface area contributed by atoms with Crippen LogP contribution in [0.4, 0.5) is 0 Å². The number of aliphatic hydroxyl groups excluding tert-OH is 1. The van der Waals surface area contributed by atoms with Crippen LogP contribution in [-0.4, -0.2) is 49.4 Å². The van der Waals surface area contributed by atoms with Crippen molar-refractivity contribution in [1.29, 1.82) is 0 Å². The van der Waals surface area contributed by atoms with Crippen LogP contribution in [-0.2, 0) is 16.1 Å². The third-order valence-corrected chi connectivity index (χ3v) is 5.41. The van der Waals surface area contributed by atoms with Gasteiger partial charge in [0.25, 0.3) is 11.7 Å². The highest BCUT2D eigenvalue weighted by atomic mass is 16.5. The number of benzene rings is 1. The number of Topliss-reactive ketones (excluding diaryl/α,β-unsaturated/α-hetero) is 1. The highest BCUT2D eigenvalue weighted by Crippen LogP contribution is 2.39. The van der Waals surface area contributed by atoms with Crippen molar-refractivity contribution in [2.45, 2.75) is 19.0 Å². The lowest BCUT2D eigenvalue weighted by Gasteiger charge is -2.25. The van der Waals surface area contributed by atoms with Gasteiger partial charge in [-0.05, 0) is 42.3 Å². The Kier molecular flexibility index (Phi) is 6.64. The third-order valence-electron chi connectivity index (χ3n) is 5.41. The molecule has 0 unspecified atom stereocenters. The molecule has 0 aliphatic carbocycles. The van der Waals surface area contributed by atoms with Crippen molar-refractivity contribution in [2.24, 2.45) is 0 Å². The van der Waals surface area contributed by atoms with Crippen molar-refractivity contribution in [3.63, 3.8) is 0 Å². The first-order valence-electron chi connectivity index (χ1n) is 10.6. The molecule has 3 heterocycles. The zero-order chi connectivity index (χ0) is 23.2. The van der Waals surface area contributed by atoms with Crippen LogP contribution in [0.15, 0.2) is 85.7 Å². The molecule has 8 nitrogen and oxygen atoms in total. The van der Waals surface area contributed by atoms with Gasteiger partial charge in [-0.15, -0.1) is 0 Å². The number of amides is 1. The maximum Gasteiger partial charge on any atom is 0.295 e. The molecule has 2 aromatic heterocycles. The number of aryl methyl sites for hydroxylation is 1. The molecule has 8 heteroatoms. The lowest BCUT2D eigenvalue weighted by Crippen LogP contribution is -2.31. The largest absolute Gasteiger partial charge is 0.507 e. The minimum atomic E-state index is -0.724. The Morgan fingerprint density at radius 2 is 1.94 bits per heavy atom. The van der Waals surface area contributed by atoms with Crippen LogP contribution in [0.2, 0.25) is 0 Å². The van der Waals surface area contributed by atoms with Gasteiger partial charge in [0.15, 0.2) is 0 Å². The summed E-state index contributed by atoms with van der Waals surface area (Å²) in [6, 6.07) is 9.51. The minimum absolute atomic E-state index is 0.0513. The summed E-state index contributed by atoms with van der Waals surface area (Å²) < 4.78 is 7.38. The number of imidazole rings is 1. The number of likely N-dealkylation sites (tertiary alicyclic amines) is 1. The molecule has 1 aliphatic heterocycles. The van der Waals surface area contributed by atoms with E-state index < -0.39 is 17.7 Å². The molecule has 33 heavy (non-hydrogen) atoms. The zero-order valence-corrected chi connectivity index (χ0v) is 18.0. The van der Waals surface area contributed by atoms with Gasteiger partial charge >= 0.3 is 0 Å². The van der Waals surface area contributed by atoms with E-state index >= 15 is 0 Å². The summed E-state index contributed by atoms with van der Waals surface area (Å²) in [6.45, 7) is 4.96. The van der Waals surface area contributed by atoms with Gasteiger partial charge in [0.2, 0.25) is 0 Å². The predicted molar refractivity (Wildman–Crippen MR) is 122 cm³/mol. The summed E-state index contributed by atoms with van der Waals surface area (Å²) in [5, 5.41) is 11.1. The van der Waals surface area contributed by atoms with Crippen molar-refractivity contribution in [1.82, 2.24) is 19.4 Å². The summed E-state index contributed by atoms with van der Waals surface area (Å²) in [4.78, 5) is 35.7. The van der Waals surface area contributed by atoms with E-state index in [-0.39, 0.29) is 11.3 Å². The van der Waals surface area contributed by atoms with E-state index in [1.807, 2.05) is 10.8 Å². The molecular weight excluding hydrogens is 420 g/mol. The highest BCUT2D eigenvalue weighted by Gasteiger charge is 2.45. The maximum atomic E-state index is 13.0. The number of pyridine rings is 1. The first-order chi connectivity index (χ1) is 16.1. The average Bonchev–Trinajstić information content (AvgIpc) is 3.45. The van der Waals surface area contributed by atoms with E-state index in [1.54, 1.807) is 67.4 Å². The number of aromatic nitrogens is 3. The van der Waals surface area contributed by atoms with Gasteiger partial charge < -0.3 is 19.3 Å². The smallest absolute Gasteiger partial charge is 0.295 e. The summed E-state index contributed by atoms with van der Waals surface area (Å²) in [5.74, 6) is -0.970. The second-order valence-electron chi connectivity index (χ2n) is 7.56. The van der Waals surface area contributed by atoms with Gasteiger partial charge in [-0.1, -0.05) is 18.7 Å². The summed E-state index contributed by atoms with van der Waals surface area (Å²) in [7, 11) is 0. The normalized spacial score (nSPS) is 17.3. The van der Waals surface area contributed by atoms with E-state index in [0.29, 0.717) is 43.0 Å². The number of nitrogens with zero attached hydrogens (tertiary/aromatic N) is 4. The highest BCUT2D eigenvalue weighted by molar-refractivity contribution is 6.46. The molecular formula is C25H24N4O4. The van der Waals surface area contributed by atoms with Gasteiger partial charge in [0.05, 0.1) is 17.9 Å². The standard InChI is InChI=1S/C25H24N4O4/c1-2-15-33-20-8-6-18(7-9-20)23(30)21-22(19-5-3-10-26-16-19)29(25(32)24(21)31)13-4-12-28-14-11-27-17-28/h2-3,5-11,14,16-17,22,30H,1,4,12-13,15H2/t22-/m1/s1. The molecule has 1 fully saturated rings. The molecule has 1 amide bonds. The predicted octanol–water partition coefficient (Wildman–Crippen LogP) is 3.35. The summed E-state index contributed by atoms with van der Waals surface area (Å²) >= 11 is 0. The number of ether oxygens (including phenoxy) is 1. The van der Waals surface area contributed by atoms with Crippen LogP contribution in [0.25, 0.3) is 5.76 Å². The number of hydrogen-bond donors (Lipinski definition) is 1. The first-order valence-corrected chi connectivity index (χ1v) is 10.6. The van der Waals surface area contributed by atoms with Crippen LogP contribution < -0.4 is 4.74 Å². The SMILES string of the molecule is C=CCOc1ccc(C(O)=C2C(=O)C(=O)N(CCCn3ccnc3)[C@@H]2c2cccnc2)cc1. The van der Waals surface area contributed by atoms with E-state index in [1.165, 1.54) is 4.90 Å². The Labute approximate surface area is 191 Å². The van der Waals surface area contributed by atoms with Crippen LogP contribution in [0.3, 0.4) is 0 Å². The molecule has 0 bridgehead atoms. The second-order valence-corrected chi connectivity index (χ2v) is 7.56. The van der Waals surface area contributed by atoms with Crippen molar-refractivity contribution < 1.29 is 19.4 Å². The first kappa shape index (κ1) is 22.0. The molecule has 4 rings (SSSR count). The summed E-state index contributed by atoms with van der Waals surface area (Å²) in [6.07, 6.45) is 10.7. The van der Waals surface area contributed by atoms with Gasteiger partial charge in [-0.3, -0.25) is 14.6 Å². The van der Waals surface area contributed by atoms with E-state index in [0.717, 1.165) is 0 Å². The van der Waals surface area contributed by atoms with Crippen molar-refractivity contribution in [3.05, 3.63) is 96.9 Å². The van der Waals surface area contributed by atoms with Crippen LogP contribution >= 0.6 is 0 Å². The monoisotopic (exact) mass is 444 g/mol. The Hall–Kier alpha value is -4.20. The van der Waals surface area contributed by atoms with Gasteiger partial charge in [0, 0.05) is 43.4 Å². The van der Waals surface area contributed by atoms with Crippen molar-refractivity contribution in [3.8, 4) is 5.75 Å². The molecule has 0 spiro atoms. The van der Waals surface area contributed by atoms with Gasteiger partial charge in [-0.25, -0.2) is 4.98 Å². The topological polar surface area (TPSA) is 97.6 Å². The van der Waals surface area contributed by atoms with Crippen LogP contribution in [0, 0.1) is 0 Å². The number of aliphatic hydroxyl groups is 1. The molecule has 1 aromatic carbocycles. The second kappa shape index (κ2) is 9.95. The number of carbonyl (C=O) groups is 2. The average molecular weight is 444 g/mol. The quantitative estimate of drug-likeness (QED) is 0.235. The molecule has 3 aromatic rings. The lowest BCUT2D eigenvalue weighted by molar-refractivity contribution is -0.139. The van der Waals surface area contributed by atoms with Crippen molar-refractivity contribution in [2.75, 3.05) is 13.2 Å². The molecule has 168 valence electrons. The fraction of sp³-hybridized carbons (Fsp3) is 0.200. The Bertz CT molecular complexity index is 1150. The zero-order valence-electron chi connectivity index (χ0n) is 18.0. The summed E-state index contributed by atoms with van der Waals surface area (Å²) in [5.41, 5.74) is 1.13. The Morgan fingerprint density at radius 3 is 2.61 bits per heavy atom. The lowest BCUT2D eigenvalue weighted by atomic mass is 9.96. The molecule has 0 saturated carbocycles. The van der Waals surface area contributed by atoms with Gasteiger partial charge in [0.1, 0.15) is 18.1 Å². The van der Waals surface area contributed by atoms with Crippen LogP contribution in [0.5, 0.6) is 5.75 Å². The molecule has 1 aliphatic rings. The number of carbonyl (C=O) groups excluding carboxylic acids is 2. The van der Waals surface area contributed by atoms with E-state index in [9.17, 15) is 14.7 Å². The molecule has 1 N–H and O–H groups in total. The molecule has 1 saturated heterocycles. The molecule has 1 atom stereocenters. The van der Waals surface area contributed by atoms with E-state index in [4.69, 9.17) is 4.74 Å². The van der Waals surface area contributed by atoms with Crippen molar-refractivity contribution >= 4 is 17.4 Å². The minimum Gasteiger partial charge on any atom is -0.507 e. The number of hydrogen-bond acceptors (Lipinski definition) is 6. The number of ketones is 1.